The van der Waals surface area contributed by atoms with Gasteiger partial charge in [-0.2, -0.15) is 4.98 Å². The van der Waals surface area contributed by atoms with Crippen molar-refractivity contribution in [2.75, 3.05) is 36.1 Å². The van der Waals surface area contributed by atoms with Crippen LogP contribution in [0.3, 0.4) is 0 Å². The molecular formula is C18H23N6O8P. The summed E-state index contributed by atoms with van der Waals surface area (Å²) in [6.07, 6.45) is -4.65. The molecule has 4 rings (SSSR count). The lowest BCUT2D eigenvalue weighted by atomic mass is 10.0. The molecule has 4 unspecified atom stereocenters. The Hall–Kier alpha value is -2.84. The Balaban J connectivity index is 1.37. The molecule has 0 saturated carbocycles. The van der Waals surface area contributed by atoms with Crippen molar-refractivity contribution < 1.29 is 33.8 Å². The van der Waals surface area contributed by atoms with Crippen LogP contribution in [0.5, 0.6) is 0 Å². The van der Waals surface area contributed by atoms with Crippen LogP contribution in [0.2, 0.25) is 0 Å². The predicted octanol–water partition coefficient (Wildman–Crippen LogP) is -0.767. The quantitative estimate of drug-likeness (QED) is 0.228. The first-order chi connectivity index (χ1) is 15.6. The average Bonchev–Trinajstić information content (AvgIpc) is 3.05. The fraction of sp³-hybridized carbons (Fsp3) is 0.389. The molecule has 4 atom stereocenters. The SMILES string of the molecule is Nc1nc2c(c(=O)[nH]1)N=C(CNc1ccc(C3OC(COP(=O)(O)O)C(O)C3O)cc1)CN2. The average molecular weight is 482 g/mol. The van der Waals surface area contributed by atoms with Crippen molar-refractivity contribution in [2.45, 2.75) is 24.4 Å². The first kappa shape index (κ1) is 23.3. The van der Waals surface area contributed by atoms with Crippen LogP contribution in [0.15, 0.2) is 34.1 Å². The zero-order chi connectivity index (χ0) is 23.8. The van der Waals surface area contributed by atoms with E-state index in [0.29, 0.717) is 30.2 Å². The van der Waals surface area contributed by atoms with E-state index in [1.54, 1.807) is 24.3 Å². The molecule has 1 aromatic heterocycles. The third-order valence-electron chi connectivity index (χ3n) is 5.15. The zero-order valence-electron chi connectivity index (χ0n) is 17.1. The Morgan fingerprint density at radius 3 is 2.67 bits per heavy atom. The van der Waals surface area contributed by atoms with Gasteiger partial charge in [0.25, 0.3) is 5.56 Å². The second-order valence-electron chi connectivity index (χ2n) is 7.52. The number of phosphoric ester groups is 1. The first-order valence-corrected chi connectivity index (χ1v) is 11.4. The van der Waals surface area contributed by atoms with Crippen LogP contribution in [0.1, 0.15) is 11.7 Å². The molecule has 178 valence electrons. The molecule has 3 heterocycles. The van der Waals surface area contributed by atoms with Gasteiger partial charge in [0, 0.05) is 5.69 Å². The number of phosphoric acid groups is 1. The molecule has 14 nitrogen and oxygen atoms in total. The highest BCUT2D eigenvalue weighted by Gasteiger charge is 2.44. The second-order valence-corrected chi connectivity index (χ2v) is 8.76. The molecule has 0 amide bonds. The number of aliphatic hydroxyl groups excluding tert-OH is 2. The van der Waals surface area contributed by atoms with Crippen molar-refractivity contribution in [1.29, 1.82) is 0 Å². The third kappa shape index (κ3) is 5.39. The molecule has 1 saturated heterocycles. The Bertz CT molecular complexity index is 1150. The maximum Gasteiger partial charge on any atom is 0.469 e. The Labute approximate surface area is 186 Å². The van der Waals surface area contributed by atoms with Crippen molar-refractivity contribution in [3.05, 3.63) is 40.2 Å². The monoisotopic (exact) mass is 482 g/mol. The highest BCUT2D eigenvalue weighted by atomic mass is 31.2. The molecule has 0 spiro atoms. The number of fused-ring (bicyclic) bond motifs is 1. The minimum atomic E-state index is -4.73. The minimum Gasteiger partial charge on any atom is -0.387 e. The summed E-state index contributed by atoms with van der Waals surface area (Å²) in [5, 5.41) is 26.5. The maximum atomic E-state index is 12.0. The second kappa shape index (κ2) is 9.19. The van der Waals surface area contributed by atoms with Crippen molar-refractivity contribution in [2.24, 2.45) is 4.99 Å². The fourth-order valence-corrected chi connectivity index (χ4v) is 3.87. The van der Waals surface area contributed by atoms with Crippen molar-refractivity contribution >= 4 is 36.7 Å². The van der Waals surface area contributed by atoms with Gasteiger partial charge in [0.15, 0.2) is 11.5 Å². The molecular weight excluding hydrogens is 459 g/mol. The predicted molar refractivity (Wildman–Crippen MR) is 117 cm³/mol. The summed E-state index contributed by atoms with van der Waals surface area (Å²) in [5.74, 6) is 0.332. The zero-order valence-corrected chi connectivity index (χ0v) is 18.0. The number of anilines is 3. The fourth-order valence-electron chi connectivity index (χ4n) is 3.52. The van der Waals surface area contributed by atoms with E-state index in [0.717, 1.165) is 5.69 Å². The summed E-state index contributed by atoms with van der Waals surface area (Å²) < 4.78 is 20.8. The normalized spacial score (nSPS) is 24.7. The molecule has 2 aliphatic rings. The number of nitrogens with zero attached hydrogens (tertiary/aromatic N) is 2. The number of hydrogen-bond acceptors (Lipinski definition) is 11. The number of hydrogen-bond donors (Lipinski definition) is 8. The summed E-state index contributed by atoms with van der Waals surface area (Å²) in [6.45, 7) is 0.160. The van der Waals surface area contributed by atoms with Crippen LogP contribution >= 0.6 is 7.82 Å². The molecule has 15 heteroatoms. The van der Waals surface area contributed by atoms with E-state index < -0.39 is 44.4 Å². The molecule has 1 fully saturated rings. The minimum absolute atomic E-state index is 0.00707. The smallest absolute Gasteiger partial charge is 0.387 e. The van der Waals surface area contributed by atoms with Gasteiger partial charge in [-0.25, -0.2) is 9.56 Å². The number of aliphatic imine (C=N–C) groups is 1. The largest absolute Gasteiger partial charge is 0.469 e. The van der Waals surface area contributed by atoms with Gasteiger partial charge in [0.2, 0.25) is 5.95 Å². The van der Waals surface area contributed by atoms with E-state index in [9.17, 15) is 19.6 Å². The van der Waals surface area contributed by atoms with Gasteiger partial charge in [-0.15, -0.1) is 0 Å². The van der Waals surface area contributed by atoms with Gasteiger partial charge < -0.3 is 41.1 Å². The lowest BCUT2D eigenvalue weighted by Crippen LogP contribution is -2.33. The summed E-state index contributed by atoms with van der Waals surface area (Å²) >= 11 is 0. The molecule has 0 aliphatic carbocycles. The van der Waals surface area contributed by atoms with Gasteiger partial charge in [-0.1, -0.05) is 12.1 Å². The topological polar surface area (TPSA) is 225 Å². The molecule has 33 heavy (non-hydrogen) atoms. The number of aromatic amines is 1. The lowest BCUT2D eigenvalue weighted by molar-refractivity contribution is -0.0223. The Kier molecular flexibility index (Phi) is 6.50. The first-order valence-electron chi connectivity index (χ1n) is 9.86. The number of aromatic nitrogens is 2. The van der Waals surface area contributed by atoms with Crippen LogP contribution in [-0.4, -0.2) is 73.7 Å². The van der Waals surface area contributed by atoms with Gasteiger partial charge >= 0.3 is 7.82 Å². The number of nitrogens with one attached hydrogen (secondary N) is 3. The molecule has 0 bridgehead atoms. The molecule has 2 aliphatic heterocycles. The Morgan fingerprint density at radius 2 is 1.97 bits per heavy atom. The lowest BCUT2D eigenvalue weighted by Gasteiger charge is -2.18. The van der Waals surface area contributed by atoms with E-state index in [1.807, 2.05) is 0 Å². The van der Waals surface area contributed by atoms with Crippen LogP contribution in [-0.2, 0) is 13.8 Å². The van der Waals surface area contributed by atoms with E-state index in [4.69, 9.17) is 20.3 Å². The van der Waals surface area contributed by atoms with Crippen LogP contribution in [0.4, 0.5) is 23.1 Å². The van der Waals surface area contributed by atoms with E-state index in [-0.39, 0.29) is 11.6 Å². The molecule has 9 N–H and O–H groups in total. The molecule has 0 radical (unpaired) electrons. The highest BCUT2D eigenvalue weighted by molar-refractivity contribution is 7.46. The van der Waals surface area contributed by atoms with E-state index in [2.05, 4.69) is 30.1 Å². The standard InChI is InChI=1S/C18H23N6O8P/c19-18-23-16-12(17(27)24-18)22-10(6-21-16)5-20-9-3-1-8(2-4-9)15-14(26)13(25)11(32-15)7-31-33(28,29)30/h1-4,11,13-15,20,25-26H,5-7H2,(H2,28,29,30)(H4,19,21,23,24,27). The number of ether oxygens (including phenoxy) is 1. The van der Waals surface area contributed by atoms with Gasteiger partial charge in [0.05, 0.1) is 25.4 Å². The highest BCUT2D eigenvalue weighted by Crippen LogP contribution is 2.39. The van der Waals surface area contributed by atoms with Gasteiger partial charge in [0.1, 0.15) is 24.4 Å². The third-order valence-corrected chi connectivity index (χ3v) is 5.63. The van der Waals surface area contributed by atoms with Crippen LogP contribution in [0, 0.1) is 0 Å². The van der Waals surface area contributed by atoms with Crippen molar-refractivity contribution in [3.8, 4) is 0 Å². The van der Waals surface area contributed by atoms with Gasteiger partial charge in [-0.3, -0.25) is 14.3 Å². The van der Waals surface area contributed by atoms with Gasteiger partial charge in [-0.05, 0) is 17.7 Å². The molecule has 1 aromatic carbocycles. The number of nitrogens with two attached hydrogens (primary N) is 1. The Morgan fingerprint density at radius 1 is 1.24 bits per heavy atom. The number of aliphatic hydroxyl groups is 2. The number of H-pyrrole nitrogens is 1. The number of benzene rings is 1. The number of rotatable bonds is 7. The van der Waals surface area contributed by atoms with Crippen LogP contribution in [0.25, 0.3) is 0 Å². The van der Waals surface area contributed by atoms with Crippen molar-refractivity contribution in [3.63, 3.8) is 0 Å². The number of nitrogen functional groups attached to an aromatic ring is 1. The maximum absolute atomic E-state index is 12.0. The summed E-state index contributed by atoms with van der Waals surface area (Å²) in [7, 11) is -4.73. The van der Waals surface area contributed by atoms with Crippen LogP contribution < -0.4 is 21.9 Å². The molecule has 2 aromatic rings. The summed E-state index contributed by atoms with van der Waals surface area (Å²) in [5.41, 5.74) is 7.21. The van der Waals surface area contributed by atoms with E-state index >= 15 is 0 Å². The van der Waals surface area contributed by atoms with Crippen molar-refractivity contribution in [1.82, 2.24) is 9.97 Å². The van der Waals surface area contributed by atoms with E-state index in [1.165, 1.54) is 0 Å². The summed E-state index contributed by atoms with van der Waals surface area (Å²) in [6, 6.07) is 6.83. The summed E-state index contributed by atoms with van der Waals surface area (Å²) in [4.78, 5) is 40.3.